The van der Waals surface area contributed by atoms with Crippen molar-refractivity contribution in [1.29, 1.82) is 0 Å². The smallest absolute Gasteiger partial charge is 0.205 e. The lowest BCUT2D eigenvalue weighted by molar-refractivity contribution is 0.302. The molecule has 5 heteroatoms. The third-order valence-electron chi connectivity index (χ3n) is 2.17. The van der Waals surface area contributed by atoms with Crippen molar-refractivity contribution in [3.05, 3.63) is 5.01 Å². The van der Waals surface area contributed by atoms with Crippen LogP contribution in [0.1, 0.15) is 25.3 Å². The molecule has 0 aliphatic heterocycles. The van der Waals surface area contributed by atoms with E-state index in [0.717, 1.165) is 29.1 Å². The summed E-state index contributed by atoms with van der Waals surface area (Å²) in [5, 5.41) is 13.1. The molecule has 0 fully saturated rings. The minimum atomic E-state index is 0.759. The average Bonchev–Trinajstić information content (AvgIpc) is 2.62. The SMILES string of the molecule is CNc1nnc(CN(C)CCC(C)C)s1. The zero-order chi connectivity index (χ0) is 11.3. The number of hydrogen-bond acceptors (Lipinski definition) is 5. The first-order chi connectivity index (χ1) is 7.11. The Morgan fingerprint density at radius 2 is 2.13 bits per heavy atom. The highest BCUT2D eigenvalue weighted by atomic mass is 32.1. The van der Waals surface area contributed by atoms with Gasteiger partial charge in [-0.1, -0.05) is 25.2 Å². The third kappa shape index (κ3) is 4.57. The normalized spacial score (nSPS) is 11.3. The fourth-order valence-corrected chi connectivity index (χ4v) is 1.98. The molecule has 1 aromatic heterocycles. The molecule has 0 spiro atoms. The molecule has 0 aliphatic carbocycles. The molecule has 0 bridgehead atoms. The predicted octanol–water partition coefficient (Wildman–Crippen LogP) is 2.06. The summed E-state index contributed by atoms with van der Waals surface area (Å²) in [6.45, 7) is 6.51. The highest BCUT2D eigenvalue weighted by Gasteiger charge is 2.06. The molecule has 15 heavy (non-hydrogen) atoms. The Morgan fingerprint density at radius 3 is 2.67 bits per heavy atom. The average molecular weight is 228 g/mol. The van der Waals surface area contributed by atoms with Gasteiger partial charge < -0.3 is 5.32 Å². The minimum Gasteiger partial charge on any atom is -0.363 e. The van der Waals surface area contributed by atoms with Crippen LogP contribution in [0, 0.1) is 5.92 Å². The number of rotatable bonds is 6. The molecule has 0 saturated heterocycles. The van der Waals surface area contributed by atoms with Crippen LogP contribution in [0.25, 0.3) is 0 Å². The Morgan fingerprint density at radius 1 is 1.40 bits per heavy atom. The summed E-state index contributed by atoms with van der Waals surface area (Å²) in [7, 11) is 4.00. The summed E-state index contributed by atoms with van der Waals surface area (Å²) in [4.78, 5) is 2.29. The lowest BCUT2D eigenvalue weighted by atomic mass is 10.1. The van der Waals surface area contributed by atoms with Gasteiger partial charge in [-0.15, -0.1) is 10.2 Å². The molecule has 0 saturated carbocycles. The molecule has 0 amide bonds. The standard InChI is InChI=1S/C10H20N4S/c1-8(2)5-6-14(4)7-9-12-13-10(11-3)15-9/h8H,5-7H2,1-4H3,(H,11,13). The van der Waals surface area contributed by atoms with E-state index in [0.29, 0.717) is 0 Å². The molecule has 4 nitrogen and oxygen atoms in total. The Bertz CT molecular complexity index is 285. The second-order valence-electron chi connectivity index (χ2n) is 4.17. The zero-order valence-corrected chi connectivity index (χ0v) is 10.8. The van der Waals surface area contributed by atoms with Gasteiger partial charge in [0.2, 0.25) is 5.13 Å². The van der Waals surface area contributed by atoms with E-state index in [1.54, 1.807) is 11.3 Å². The quantitative estimate of drug-likeness (QED) is 0.809. The highest BCUT2D eigenvalue weighted by Crippen LogP contribution is 2.15. The summed E-state index contributed by atoms with van der Waals surface area (Å²) >= 11 is 1.62. The number of nitrogens with zero attached hydrogens (tertiary/aromatic N) is 3. The van der Waals surface area contributed by atoms with E-state index in [-0.39, 0.29) is 0 Å². The lowest BCUT2D eigenvalue weighted by Gasteiger charge is -2.15. The van der Waals surface area contributed by atoms with E-state index >= 15 is 0 Å². The van der Waals surface area contributed by atoms with Crippen molar-refractivity contribution in [2.75, 3.05) is 26.0 Å². The van der Waals surface area contributed by atoms with Crippen molar-refractivity contribution >= 4 is 16.5 Å². The van der Waals surface area contributed by atoms with Crippen molar-refractivity contribution in [2.24, 2.45) is 5.92 Å². The first kappa shape index (κ1) is 12.4. The van der Waals surface area contributed by atoms with Crippen LogP contribution < -0.4 is 5.32 Å². The molecule has 86 valence electrons. The lowest BCUT2D eigenvalue weighted by Crippen LogP contribution is -2.20. The molecule has 1 aromatic rings. The van der Waals surface area contributed by atoms with Crippen LogP contribution in [-0.4, -0.2) is 35.7 Å². The van der Waals surface area contributed by atoms with Crippen LogP contribution in [0.4, 0.5) is 5.13 Å². The van der Waals surface area contributed by atoms with E-state index in [1.807, 2.05) is 7.05 Å². The second kappa shape index (κ2) is 6.02. The van der Waals surface area contributed by atoms with Crippen LogP contribution in [0.3, 0.4) is 0 Å². The predicted molar refractivity (Wildman–Crippen MR) is 65.2 cm³/mol. The molecule has 1 N–H and O–H groups in total. The van der Waals surface area contributed by atoms with Gasteiger partial charge >= 0.3 is 0 Å². The Labute approximate surface area is 95.7 Å². The van der Waals surface area contributed by atoms with Gasteiger partial charge in [0, 0.05) is 7.05 Å². The Balaban J connectivity index is 2.33. The Hall–Kier alpha value is -0.680. The first-order valence-electron chi connectivity index (χ1n) is 5.30. The number of aromatic nitrogens is 2. The van der Waals surface area contributed by atoms with E-state index in [4.69, 9.17) is 0 Å². The maximum atomic E-state index is 4.12. The fourth-order valence-electron chi connectivity index (χ4n) is 1.21. The molecule has 1 heterocycles. The van der Waals surface area contributed by atoms with Crippen LogP contribution in [0.2, 0.25) is 0 Å². The maximum absolute atomic E-state index is 4.12. The summed E-state index contributed by atoms with van der Waals surface area (Å²) < 4.78 is 0. The molecule has 0 aromatic carbocycles. The van der Waals surface area contributed by atoms with E-state index in [9.17, 15) is 0 Å². The van der Waals surface area contributed by atoms with Crippen LogP contribution >= 0.6 is 11.3 Å². The van der Waals surface area contributed by atoms with Gasteiger partial charge in [-0.3, -0.25) is 4.90 Å². The van der Waals surface area contributed by atoms with Crippen LogP contribution in [-0.2, 0) is 6.54 Å². The summed E-state index contributed by atoms with van der Waals surface area (Å²) in [5.41, 5.74) is 0. The highest BCUT2D eigenvalue weighted by molar-refractivity contribution is 7.15. The monoisotopic (exact) mass is 228 g/mol. The summed E-state index contributed by atoms with van der Waals surface area (Å²) in [6.07, 6.45) is 1.23. The molecule has 0 unspecified atom stereocenters. The molecule has 0 atom stereocenters. The van der Waals surface area contributed by atoms with Crippen molar-refractivity contribution in [1.82, 2.24) is 15.1 Å². The minimum absolute atomic E-state index is 0.759. The topological polar surface area (TPSA) is 41.1 Å². The van der Waals surface area contributed by atoms with Gasteiger partial charge in [0.15, 0.2) is 0 Å². The summed E-state index contributed by atoms with van der Waals surface area (Å²) in [6, 6.07) is 0. The summed E-state index contributed by atoms with van der Waals surface area (Å²) in [5.74, 6) is 0.759. The zero-order valence-electron chi connectivity index (χ0n) is 9.95. The number of anilines is 1. The van der Waals surface area contributed by atoms with Crippen LogP contribution in [0.5, 0.6) is 0 Å². The van der Waals surface area contributed by atoms with Gasteiger partial charge in [0.05, 0.1) is 6.54 Å². The Kier molecular flexibility index (Phi) is 4.98. The van der Waals surface area contributed by atoms with Crippen molar-refractivity contribution in [2.45, 2.75) is 26.8 Å². The van der Waals surface area contributed by atoms with Crippen LogP contribution in [0.15, 0.2) is 0 Å². The van der Waals surface area contributed by atoms with E-state index in [2.05, 4.69) is 41.3 Å². The van der Waals surface area contributed by atoms with Crippen molar-refractivity contribution in [3.63, 3.8) is 0 Å². The van der Waals surface area contributed by atoms with Gasteiger partial charge in [-0.25, -0.2) is 0 Å². The maximum Gasteiger partial charge on any atom is 0.205 e. The fraction of sp³-hybridized carbons (Fsp3) is 0.800. The molecular formula is C10H20N4S. The molecule has 0 aliphatic rings. The van der Waals surface area contributed by atoms with Gasteiger partial charge in [0.1, 0.15) is 5.01 Å². The second-order valence-corrected chi connectivity index (χ2v) is 5.23. The molecular weight excluding hydrogens is 208 g/mol. The van der Waals surface area contributed by atoms with Crippen molar-refractivity contribution < 1.29 is 0 Å². The van der Waals surface area contributed by atoms with E-state index < -0.39 is 0 Å². The van der Waals surface area contributed by atoms with Gasteiger partial charge in [-0.2, -0.15) is 0 Å². The number of nitrogens with one attached hydrogen (secondary N) is 1. The largest absolute Gasteiger partial charge is 0.363 e. The number of hydrogen-bond donors (Lipinski definition) is 1. The molecule has 0 radical (unpaired) electrons. The van der Waals surface area contributed by atoms with Gasteiger partial charge in [0.25, 0.3) is 0 Å². The third-order valence-corrected chi connectivity index (χ3v) is 3.10. The first-order valence-corrected chi connectivity index (χ1v) is 6.12. The van der Waals surface area contributed by atoms with Crippen molar-refractivity contribution in [3.8, 4) is 0 Å². The van der Waals surface area contributed by atoms with E-state index in [1.165, 1.54) is 6.42 Å². The molecule has 1 rings (SSSR count). The van der Waals surface area contributed by atoms with Gasteiger partial charge in [-0.05, 0) is 25.9 Å².